The maximum Gasteiger partial charge on any atom is 0.143 e. The Labute approximate surface area is 96.0 Å². The van der Waals surface area contributed by atoms with Crippen molar-refractivity contribution in [1.29, 1.82) is 0 Å². The summed E-state index contributed by atoms with van der Waals surface area (Å²) >= 11 is 3.09. The van der Waals surface area contributed by atoms with Crippen LogP contribution in [-0.2, 0) is 0 Å². The van der Waals surface area contributed by atoms with Crippen LogP contribution < -0.4 is 5.32 Å². The average Bonchev–Trinajstić information content (AvgIpc) is 2.26. The SMILES string of the molecule is Fc1ccc(Br)c(F)c1C1CCNCC1. The molecule has 0 bridgehead atoms. The molecule has 1 fully saturated rings. The van der Waals surface area contributed by atoms with Gasteiger partial charge in [-0.1, -0.05) is 0 Å². The maximum absolute atomic E-state index is 13.7. The lowest BCUT2D eigenvalue weighted by Gasteiger charge is -2.24. The quantitative estimate of drug-likeness (QED) is 0.777. The first-order valence-corrected chi connectivity index (χ1v) is 5.83. The van der Waals surface area contributed by atoms with Crippen molar-refractivity contribution < 1.29 is 8.78 Å². The molecule has 0 atom stereocenters. The van der Waals surface area contributed by atoms with Crippen LogP contribution in [-0.4, -0.2) is 13.1 Å². The fourth-order valence-corrected chi connectivity index (χ4v) is 2.37. The second-order valence-corrected chi connectivity index (χ2v) is 4.64. The molecule has 2 rings (SSSR count). The number of hydrogen-bond donors (Lipinski definition) is 1. The molecule has 1 heterocycles. The lowest BCUT2D eigenvalue weighted by molar-refractivity contribution is 0.425. The van der Waals surface area contributed by atoms with E-state index in [1.165, 1.54) is 12.1 Å². The Hall–Kier alpha value is -0.480. The Kier molecular flexibility index (Phi) is 3.36. The summed E-state index contributed by atoms with van der Waals surface area (Å²) in [5.74, 6) is -0.867. The standard InChI is InChI=1S/C11H12BrF2N/c12-8-1-2-9(13)10(11(8)14)7-3-5-15-6-4-7/h1-2,7,15H,3-6H2. The van der Waals surface area contributed by atoms with Crippen LogP contribution in [0.2, 0.25) is 0 Å². The molecule has 82 valence electrons. The molecule has 0 aromatic heterocycles. The summed E-state index contributed by atoms with van der Waals surface area (Å²) in [6.45, 7) is 1.66. The van der Waals surface area contributed by atoms with E-state index in [9.17, 15) is 8.78 Å². The minimum Gasteiger partial charge on any atom is -0.317 e. The smallest absolute Gasteiger partial charge is 0.143 e. The van der Waals surface area contributed by atoms with Gasteiger partial charge in [0.05, 0.1) is 4.47 Å². The molecule has 1 aromatic rings. The van der Waals surface area contributed by atoms with Gasteiger partial charge in [-0.3, -0.25) is 0 Å². The van der Waals surface area contributed by atoms with Crippen molar-refractivity contribution in [2.75, 3.05) is 13.1 Å². The maximum atomic E-state index is 13.7. The van der Waals surface area contributed by atoms with Crippen LogP contribution in [0.15, 0.2) is 16.6 Å². The predicted molar refractivity (Wildman–Crippen MR) is 58.9 cm³/mol. The number of rotatable bonds is 1. The van der Waals surface area contributed by atoms with Gasteiger partial charge in [-0.15, -0.1) is 0 Å². The molecule has 0 aliphatic carbocycles. The van der Waals surface area contributed by atoms with Gasteiger partial charge in [0.2, 0.25) is 0 Å². The first-order valence-electron chi connectivity index (χ1n) is 5.04. The number of halogens is 3. The van der Waals surface area contributed by atoms with Crippen molar-refractivity contribution in [3.8, 4) is 0 Å². The second-order valence-electron chi connectivity index (χ2n) is 3.78. The van der Waals surface area contributed by atoms with Crippen molar-refractivity contribution in [3.05, 3.63) is 33.8 Å². The van der Waals surface area contributed by atoms with Gasteiger partial charge in [-0.05, 0) is 59.9 Å². The highest BCUT2D eigenvalue weighted by Crippen LogP contribution is 2.32. The Morgan fingerprint density at radius 1 is 1.20 bits per heavy atom. The van der Waals surface area contributed by atoms with Crippen molar-refractivity contribution >= 4 is 15.9 Å². The first-order chi connectivity index (χ1) is 7.20. The molecule has 0 unspecified atom stereocenters. The summed E-state index contributed by atoms with van der Waals surface area (Å²) in [5.41, 5.74) is 0.242. The second kappa shape index (κ2) is 4.58. The van der Waals surface area contributed by atoms with Gasteiger partial charge in [0.25, 0.3) is 0 Å². The normalized spacial score (nSPS) is 18.1. The summed E-state index contributed by atoms with van der Waals surface area (Å²) in [5, 5.41) is 3.18. The van der Waals surface area contributed by atoms with Gasteiger partial charge in [-0.25, -0.2) is 8.78 Å². The highest BCUT2D eigenvalue weighted by Gasteiger charge is 2.23. The molecule has 15 heavy (non-hydrogen) atoms. The van der Waals surface area contributed by atoms with Crippen molar-refractivity contribution in [1.82, 2.24) is 5.32 Å². The number of nitrogens with one attached hydrogen (secondary N) is 1. The summed E-state index contributed by atoms with van der Waals surface area (Å²) < 4.78 is 27.6. The van der Waals surface area contributed by atoms with E-state index in [0.717, 1.165) is 25.9 Å². The summed E-state index contributed by atoms with van der Waals surface area (Å²) in [6, 6.07) is 2.74. The molecular weight excluding hydrogens is 264 g/mol. The zero-order valence-corrected chi connectivity index (χ0v) is 9.78. The van der Waals surface area contributed by atoms with E-state index in [4.69, 9.17) is 0 Å². The van der Waals surface area contributed by atoms with E-state index in [-0.39, 0.29) is 11.5 Å². The van der Waals surface area contributed by atoms with Crippen LogP contribution in [0.4, 0.5) is 8.78 Å². The largest absolute Gasteiger partial charge is 0.317 e. The fourth-order valence-electron chi connectivity index (χ4n) is 2.03. The van der Waals surface area contributed by atoms with E-state index >= 15 is 0 Å². The van der Waals surface area contributed by atoms with Crippen LogP contribution in [0.5, 0.6) is 0 Å². The molecule has 1 aromatic carbocycles. The average molecular weight is 276 g/mol. The van der Waals surface area contributed by atoms with Gasteiger partial charge < -0.3 is 5.32 Å². The zero-order valence-electron chi connectivity index (χ0n) is 8.19. The Morgan fingerprint density at radius 3 is 2.53 bits per heavy atom. The summed E-state index contributed by atoms with van der Waals surface area (Å²) in [7, 11) is 0. The molecule has 1 nitrogen and oxygen atoms in total. The third kappa shape index (κ3) is 2.21. The number of benzene rings is 1. The van der Waals surface area contributed by atoms with Crippen molar-refractivity contribution in [2.24, 2.45) is 0 Å². The molecule has 0 saturated carbocycles. The Balaban J connectivity index is 2.36. The minimum absolute atomic E-state index is 0.00347. The van der Waals surface area contributed by atoms with Crippen LogP contribution in [0.1, 0.15) is 24.3 Å². The highest BCUT2D eigenvalue weighted by molar-refractivity contribution is 9.10. The van der Waals surface area contributed by atoms with Gasteiger partial charge in [0.15, 0.2) is 0 Å². The van der Waals surface area contributed by atoms with E-state index in [1.807, 2.05) is 0 Å². The van der Waals surface area contributed by atoms with Gasteiger partial charge in [-0.2, -0.15) is 0 Å². The highest BCUT2D eigenvalue weighted by atomic mass is 79.9. The van der Waals surface area contributed by atoms with Crippen LogP contribution in [0.3, 0.4) is 0 Å². The molecule has 1 aliphatic heterocycles. The lowest BCUT2D eigenvalue weighted by atomic mass is 9.89. The monoisotopic (exact) mass is 275 g/mol. The van der Waals surface area contributed by atoms with Gasteiger partial charge in [0, 0.05) is 5.56 Å². The molecule has 0 amide bonds. The van der Waals surface area contributed by atoms with E-state index in [0.29, 0.717) is 4.47 Å². The molecule has 1 N–H and O–H groups in total. The summed E-state index contributed by atoms with van der Waals surface area (Å²) in [4.78, 5) is 0. The van der Waals surface area contributed by atoms with E-state index < -0.39 is 11.6 Å². The van der Waals surface area contributed by atoms with E-state index in [2.05, 4.69) is 21.2 Å². The van der Waals surface area contributed by atoms with Crippen LogP contribution in [0.25, 0.3) is 0 Å². The molecule has 0 spiro atoms. The Morgan fingerprint density at radius 2 is 1.87 bits per heavy atom. The van der Waals surface area contributed by atoms with Crippen LogP contribution in [0, 0.1) is 11.6 Å². The molecule has 1 aliphatic rings. The van der Waals surface area contributed by atoms with Crippen LogP contribution >= 0.6 is 15.9 Å². The van der Waals surface area contributed by atoms with Crippen molar-refractivity contribution in [3.63, 3.8) is 0 Å². The fraction of sp³-hybridized carbons (Fsp3) is 0.455. The third-order valence-corrected chi connectivity index (χ3v) is 3.44. The molecular formula is C11H12BrF2N. The number of hydrogen-bond acceptors (Lipinski definition) is 1. The summed E-state index contributed by atoms with van der Waals surface area (Å²) in [6.07, 6.45) is 1.59. The third-order valence-electron chi connectivity index (χ3n) is 2.83. The number of piperidine rings is 1. The van der Waals surface area contributed by atoms with Gasteiger partial charge >= 0.3 is 0 Å². The topological polar surface area (TPSA) is 12.0 Å². The Bertz CT molecular complexity index is 362. The molecule has 4 heteroatoms. The minimum atomic E-state index is -0.443. The molecule has 0 radical (unpaired) electrons. The first kappa shape index (κ1) is 11.0. The predicted octanol–water partition coefficient (Wildman–Crippen LogP) is 3.19. The van der Waals surface area contributed by atoms with Crippen molar-refractivity contribution in [2.45, 2.75) is 18.8 Å². The van der Waals surface area contributed by atoms with E-state index in [1.54, 1.807) is 0 Å². The van der Waals surface area contributed by atoms with Gasteiger partial charge in [0.1, 0.15) is 11.6 Å². The zero-order chi connectivity index (χ0) is 10.8. The molecule has 1 saturated heterocycles. The lowest BCUT2D eigenvalue weighted by Crippen LogP contribution is -2.27.